The number of thiazole rings is 1. The van der Waals surface area contributed by atoms with Gasteiger partial charge >= 0.3 is 6.03 Å². The van der Waals surface area contributed by atoms with Gasteiger partial charge < -0.3 is 5.32 Å². The highest BCUT2D eigenvalue weighted by Gasteiger charge is 2.49. The van der Waals surface area contributed by atoms with Gasteiger partial charge in [0.25, 0.3) is 5.91 Å². The molecule has 1 saturated heterocycles. The number of carbonyl (C=O) groups is 2. The molecule has 0 saturated carbocycles. The number of hydrogen-bond acceptors (Lipinski definition) is 6. The number of benzene rings is 1. The number of nitrogens with zero attached hydrogens (tertiary/aromatic N) is 3. The summed E-state index contributed by atoms with van der Waals surface area (Å²) in [5.41, 5.74) is 1.70. The quantitative estimate of drug-likeness (QED) is 0.684. The topological polar surface area (TPSA) is 86.1 Å². The van der Waals surface area contributed by atoms with Gasteiger partial charge in [-0.1, -0.05) is 12.1 Å². The lowest BCUT2D eigenvalue weighted by molar-refractivity contribution is -0.131. The average Bonchev–Trinajstić information content (AvgIpc) is 3.40. The van der Waals surface area contributed by atoms with Gasteiger partial charge in [0.05, 0.1) is 23.9 Å². The fraction of sp³-hybridized carbons (Fsp3) is 0.158. The summed E-state index contributed by atoms with van der Waals surface area (Å²) in [4.78, 5) is 31.2. The van der Waals surface area contributed by atoms with Crippen LogP contribution in [0.3, 0.4) is 0 Å². The van der Waals surface area contributed by atoms with Crippen LogP contribution in [-0.2, 0) is 16.9 Å². The van der Waals surface area contributed by atoms with Crippen LogP contribution in [0.2, 0.25) is 0 Å². The second kappa shape index (κ2) is 6.61. The molecule has 1 aromatic carbocycles. The van der Waals surface area contributed by atoms with Crippen molar-refractivity contribution in [3.63, 3.8) is 0 Å². The predicted molar refractivity (Wildman–Crippen MR) is 103 cm³/mol. The molecule has 1 aliphatic rings. The Bertz CT molecular complexity index is 1050. The number of thiophene rings is 1. The van der Waals surface area contributed by atoms with Crippen molar-refractivity contribution < 1.29 is 9.59 Å². The van der Waals surface area contributed by atoms with Crippen LogP contribution in [-0.4, -0.2) is 21.8 Å². The van der Waals surface area contributed by atoms with Gasteiger partial charge in [0.15, 0.2) is 0 Å². The molecule has 3 aromatic rings. The summed E-state index contributed by atoms with van der Waals surface area (Å²) < 4.78 is 0. The number of rotatable bonds is 4. The van der Waals surface area contributed by atoms with Crippen LogP contribution < -0.4 is 5.32 Å². The lowest BCUT2D eigenvalue weighted by Gasteiger charge is -2.22. The van der Waals surface area contributed by atoms with Crippen molar-refractivity contribution >= 4 is 34.6 Å². The van der Waals surface area contributed by atoms with Gasteiger partial charge in [0.2, 0.25) is 0 Å². The van der Waals surface area contributed by atoms with Gasteiger partial charge in [-0.2, -0.15) is 16.6 Å². The summed E-state index contributed by atoms with van der Waals surface area (Å²) in [7, 11) is 0. The minimum absolute atomic E-state index is 0.122. The number of hydrogen-bond donors (Lipinski definition) is 1. The Kier molecular flexibility index (Phi) is 4.26. The standard InChI is InChI=1S/C19H14N4O2S2/c1-19(14-4-2-12(8-20)3-5-14)17(24)23(18(25)22-19)9-15-11-27-16(21-15)13-6-7-26-10-13/h2-7,10-11H,9H2,1H3,(H,22,25). The van der Waals surface area contributed by atoms with E-state index < -0.39 is 11.6 Å². The molecule has 4 rings (SSSR count). The van der Waals surface area contributed by atoms with Crippen LogP contribution in [0.1, 0.15) is 23.7 Å². The Morgan fingerprint density at radius 2 is 2.00 bits per heavy atom. The smallest absolute Gasteiger partial charge is 0.319 e. The highest BCUT2D eigenvalue weighted by atomic mass is 32.1. The first-order chi connectivity index (χ1) is 13.0. The normalized spacial score (nSPS) is 19.2. The highest BCUT2D eigenvalue weighted by Crippen LogP contribution is 2.31. The Morgan fingerprint density at radius 3 is 2.67 bits per heavy atom. The third-order valence-corrected chi connectivity index (χ3v) is 6.13. The van der Waals surface area contributed by atoms with Gasteiger partial charge in [0.1, 0.15) is 10.5 Å². The van der Waals surface area contributed by atoms with E-state index in [4.69, 9.17) is 5.26 Å². The second-order valence-electron chi connectivity index (χ2n) is 6.29. The monoisotopic (exact) mass is 394 g/mol. The molecule has 1 N–H and O–H groups in total. The summed E-state index contributed by atoms with van der Waals surface area (Å²) in [6, 6.07) is 10.2. The van der Waals surface area contributed by atoms with Gasteiger partial charge in [-0.25, -0.2) is 9.78 Å². The Balaban J connectivity index is 1.57. The van der Waals surface area contributed by atoms with E-state index in [0.717, 1.165) is 10.6 Å². The molecule has 0 radical (unpaired) electrons. The molecular formula is C19H14N4O2S2. The first-order valence-electron chi connectivity index (χ1n) is 8.13. The molecule has 6 nitrogen and oxygen atoms in total. The first kappa shape index (κ1) is 17.4. The summed E-state index contributed by atoms with van der Waals surface area (Å²) in [5, 5.41) is 18.4. The molecule has 0 aliphatic carbocycles. The van der Waals surface area contributed by atoms with E-state index >= 15 is 0 Å². The minimum Gasteiger partial charge on any atom is -0.319 e. The van der Waals surface area contributed by atoms with Gasteiger partial charge in [-0.05, 0) is 36.1 Å². The Hall–Kier alpha value is -3.02. The zero-order chi connectivity index (χ0) is 19.0. The van der Waals surface area contributed by atoms with Crippen molar-refractivity contribution in [3.05, 3.63) is 63.3 Å². The molecule has 2 aromatic heterocycles. The van der Waals surface area contributed by atoms with Crippen molar-refractivity contribution in [2.45, 2.75) is 19.0 Å². The summed E-state index contributed by atoms with van der Waals surface area (Å²) in [6.45, 7) is 1.80. The van der Waals surface area contributed by atoms with Crippen LogP contribution in [0.25, 0.3) is 10.6 Å². The van der Waals surface area contributed by atoms with Gasteiger partial charge in [0, 0.05) is 16.3 Å². The maximum absolute atomic E-state index is 13.0. The van der Waals surface area contributed by atoms with Crippen molar-refractivity contribution in [2.75, 3.05) is 0 Å². The molecule has 8 heteroatoms. The maximum Gasteiger partial charge on any atom is 0.325 e. The van der Waals surface area contributed by atoms with Crippen LogP contribution >= 0.6 is 22.7 Å². The number of nitrogens with one attached hydrogen (secondary N) is 1. The first-order valence-corrected chi connectivity index (χ1v) is 9.95. The SMILES string of the molecule is CC1(c2ccc(C#N)cc2)NC(=O)N(Cc2csc(-c3ccsc3)n2)C1=O. The van der Waals surface area contributed by atoms with E-state index in [9.17, 15) is 9.59 Å². The van der Waals surface area contributed by atoms with Crippen LogP contribution in [0.4, 0.5) is 4.79 Å². The third kappa shape index (κ3) is 3.01. The molecule has 3 amide bonds. The molecule has 0 bridgehead atoms. The Labute approximate surface area is 163 Å². The molecular weight excluding hydrogens is 380 g/mol. The fourth-order valence-electron chi connectivity index (χ4n) is 2.97. The van der Waals surface area contributed by atoms with E-state index in [0.29, 0.717) is 16.8 Å². The summed E-state index contributed by atoms with van der Waals surface area (Å²) in [5.74, 6) is -0.331. The fourth-order valence-corrected chi connectivity index (χ4v) is 4.50. The molecule has 0 spiro atoms. The zero-order valence-electron chi connectivity index (χ0n) is 14.3. The molecule has 27 heavy (non-hydrogen) atoms. The molecule has 134 valence electrons. The number of carbonyl (C=O) groups excluding carboxylic acids is 2. The lowest BCUT2D eigenvalue weighted by Crippen LogP contribution is -2.40. The van der Waals surface area contributed by atoms with E-state index in [1.54, 1.807) is 42.5 Å². The highest BCUT2D eigenvalue weighted by molar-refractivity contribution is 7.14. The molecule has 1 fully saturated rings. The number of imide groups is 1. The molecule has 3 heterocycles. The molecule has 1 aliphatic heterocycles. The number of urea groups is 1. The number of amides is 3. The van der Waals surface area contributed by atoms with Crippen LogP contribution in [0.5, 0.6) is 0 Å². The van der Waals surface area contributed by atoms with Crippen LogP contribution in [0, 0.1) is 11.3 Å². The largest absolute Gasteiger partial charge is 0.325 e. The summed E-state index contributed by atoms with van der Waals surface area (Å²) >= 11 is 3.08. The lowest BCUT2D eigenvalue weighted by atomic mass is 9.91. The number of aromatic nitrogens is 1. The van der Waals surface area contributed by atoms with Gasteiger partial charge in [-0.15, -0.1) is 11.3 Å². The molecule has 1 atom stereocenters. The van der Waals surface area contributed by atoms with Crippen molar-refractivity contribution in [1.82, 2.24) is 15.2 Å². The van der Waals surface area contributed by atoms with Crippen LogP contribution in [0.15, 0.2) is 46.5 Å². The molecule has 1 unspecified atom stereocenters. The number of nitriles is 1. The zero-order valence-corrected chi connectivity index (χ0v) is 15.9. The van der Waals surface area contributed by atoms with Crippen molar-refractivity contribution in [3.8, 4) is 16.6 Å². The maximum atomic E-state index is 13.0. The van der Waals surface area contributed by atoms with E-state index in [1.165, 1.54) is 16.2 Å². The third-order valence-electron chi connectivity index (χ3n) is 4.51. The van der Waals surface area contributed by atoms with Crippen molar-refractivity contribution in [2.24, 2.45) is 0 Å². The second-order valence-corrected chi connectivity index (χ2v) is 7.93. The predicted octanol–water partition coefficient (Wildman–Crippen LogP) is 3.71. The van der Waals surface area contributed by atoms with Crippen molar-refractivity contribution in [1.29, 1.82) is 5.26 Å². The van der Waals surface area contributed by atoms with E-state index in [1.807, 2.05) is 28.3 Å². The minimum atomic E-state index is -1.16. The summed E-state index contributed by atoms with van der Waals surface area (Å²) in [6.07, 6.45) is 0. The Morgan fingerprint density at radius 1 is 1.22 bits per heavy atom. The van der Waals surface area contributed by atoms with E-state index in [2.05, 4.69) is 10.3 Å². The van der Waals surface area contributed by atoms with E-state index in [-0.39, 0.29) is 12.5 Å². The average molecular weight is 394 g/mol. The van der Waals surface area contributed by atoms with Gasteiger partial charge in [-0.3, -0.25) is 9.69 Å².